The molecule has 2 aromatic heterocycles. The first-order valence-corrected chi connectivity index (χ1v) is 14.8. The number of carbonyl (C=O) groups is 1. The number of benzene rings is 2. The Morgan fingerprint density at radius 3 is 2.73 bits per heavy atom. The van der Waals surface area contributed by atoms with Crippen LogP contribution in [0.4, 0.5) is 21.5 Å². The second-order valence-corrected chi connectivity index (χ2v) is 11.9. The predicted molar refractivity (Wildman–Crippen MR) is 171 cm³/mol. The SMILES string of the molecule is C=CC(=O)N1CC2CNc3c(F)c(-c4c(C)ccc5[nH]ncc45)c(Cl)c(Nc4c(C)ccnc4C(C)O)c3C(=N)N2CC1C. The minimum Gasteiger partial charge on any atom is -0.387 e. The Labute approximate surface area is 259 Å². The van der Waals surface area contributed by atoms with Gasteiger partial charge in [0.2, 0.25) is 5.91 Å². The van der Waals surface area contributed by atoms with E-state index in [1.807, 2.05) is 37.8 Å². The number of amidine groups is 1. The number of carbonyl (C=O) groups excluding carboxylic acids is 1. The van der Waals surface area contributed by atoms with Crippen LogP contribution in [-0.2, 0) is 4.79 Å². The molecule has 2 aliphatic heterocycles. The van der Waals surface area contributed by atoms with Crippen molar-refractivity contribution in [2.75, 3.05) is 30.3 Å². The van der Waals surface area contributed by atoms with Crippen molar-refractivity contribution in [1.29, 1.82) is 5.41 Å². The van der Waals surface area contributed by atoms with Crippen molar-refractivity contribution in [3.05, 3.63) is 76.5 Å². The Morgan fingerprint density at radius 1 is 1.23 bits per heavy atom. The molecule has 5 N–H and O–H groups in total. The third-order valence-corrected chi connectivity index (χ3v) is 9.01. The average molecular weight is 617 g/mol. The third kappa shape index (κ3) is 4.67. The van der Waals surface area contributed by atoms with Crippen LogP contribution >= 0.6 is 11.6 Å². The number of aromatic nitrogens is 3. The van der Waals surface area contributed by atoms with Gasteiger partial charge in [-0.15, -0.1) is 0 Å². The van der Waals surface area contributed by atoms with Gasteiger partial charge in [-0.3, -0.25) is 20.3 Å². The first kappa shape index (κ1) is 29.6. The molecule has 44 heavy (non-hydrogen) atoms. The Hall–Kier alpha value is -4.48. The summed E-state index contributed by atoms with van der Waals surface area (Å²) in [6, 6.07) is 5.05. The van der Waals surface area contributed by atoms with Gasteiger partial charge in [0.05, 0.1) is 57.2 Å². The summed E-state index contributed by atoms with van der Waals surface area (Å²) < 4.78 is 17.0. The maximum Gasteiger partial charge on any atom is 0.246 e. The lowest BCUT2D eigenvalue weighted by atomic mass is 9.92. The first-order chi connectivity index (χ1) is 21.0. The smallest absolute Gasteiger partial charge is 0.246 e. The number of hydrogen-bond acceptors (Lipinski definition) is 7. The minimum atomic E-state index is -0.907. The molecule has 0 radical (unpaired) electrons. The minimum absolute atomic E-state index is 0.0702. The van der Waals surface area contributed by atoms with Crippen LogP contribution in [-0.4, -0.2) is 73.5 Å². The Balaban J connectivity index is 1.61. The summed E-state index contributed by atoms with van der Waals surface area (Å²) in [4.78, 5) is 20.6. The molecule has 1 saturated heterocycles. The normalized spacial score (nSPS) is 18.8. The number of anilines is 3. The van der Waals surface area contributed by atoms with E-state index in [9.17, 15) is 15.3 Å². The van der Waals surface area contributed by atoms with Crippen LogP contribution in [0.3, 0.4) is 0 Å². The molecule has 10 nitrogen and oxygen atoms in total. The fraction of sp³-hybridized carbons (Fsp3) is 0.312. The van der Waals surface area contributed by atoms with Gasteiger partial charge in [0, 0.05) is 48.4 Å². The summed E-state index contributed by atoms with van der Waals surface area (Å²) in [6.07, 6.45) is 3.64. The first-order valence-electron chi connectivity index (χ1n) is 14.4. The topological polar surface area (TPSA) is 133 Å². The number of hydrogen-bond donors (Lipinski definition) is 5. The van der Waals surface area contributed by atoms with Crippen LogP contribution < -0.4 is 10.6 Å². The van der Waals surface area contributed by atoms with E-state index < -0.39 is 11.9 Å². The van der Waals surface area contributed by atoms with Crippen molar-refractivity contribution in [3.8, 4) is 11.1 Å². The molecule has 4 aromatic rings. The molecule has 0 spiro atoms. The number of H-pyrrole nitrogens is 1. The van der Waals surface area contributed by atoms with Gasteiger partial charge in [-0.05, 0) is 57.0 Å². The molecule has 2 aromatic carbocycles. The number of pyridine rings is 1. The number of rotatable bonds is 5. The summed E-state index contributed by atoms with van der Waals surface area (Å²) in [5.74, 6) is -0.714. The van der Waals surface area contributed by atoms with Crippen molar-refractivity contribution in [2.24, 2.45) is 0 Å². The summed E-state index contributed by atoms with van der Waals surface area (Å²) in [7, 11) is 0. The van der Waals surface area contributed by atoms with Gasteiger partial charge < -0.3 is 25.5 Å². The molecule has 6 rings (SSSR count). The number of nitrogens with one attached hydrogen (secondary N) is 4. The quantitative estimate of drug-likeness (QED) is 0.183. The van der Waals surface area contributed by atoms with Crippen molar-refractivity contribution >= 4 is 51.3 Å². The molecule has 4 heterocycles. The van der Waals surface area contributed by atoms with E-state index in [1.165, 1.54) is 6.08 Å². The second kappa shape index (κ2) is 11.2. The van der Waals surface area contributed by atoms with Gasteiger partial charge >= 0.3 is 0 Å². The molecule has 0 aliphatic carbocycles. The summed E-state index contributed by atoms with van der Waals surface area (Å²) >= 11 is 7.24. The van der Waals surface area contributed by atoms with E-state index in [2.05, 4.69) is 32.4 Å². The van der Waals surface area contributed by atoms with E-state index in [4.69, 9.17) is 11.6 Å². The molecular formula is C32H34ClFN8O2. The predicted octanol–water partition coefficient (Wildman–Crippen LogP) is 5.67. The number of aliphatic hydroxyl groups is 1. The van der Waals surface area contributed by atoms with Crippen molar-refractivity contribution < 1.29 is 14.3 Å². The van der Waals surface area contributed by atoms with Crippen molar-refractivity contribution in [1.82, 2.24) is 25.0 Å². The van der Waals surface area contributed by atoms with E-state index in [0.717, 1.165) is 16.6 Å². The highest BCUT2D eigenvalue weighted by atomic mass is 35.5. The highest BCUT2D eigenvalue weighted by Gasteiger charge is 2.40. The molecule has 228 valence electrons. The summed E-state index contributed by atoms with van der Waals surface area (Å²) in [5.41, 5.74) is 4.65. The number of aliphatic hydroxyl groups excluding tert-OH is 1. The van der Waals surface area contributed by atoms with Gasteiger partial charge in [0.25, 0.3) is 0 Å². The van der Waals surface area contributed by atoms with Crippen LogP contribution in [0, 0.1) is 25.1 Å². The van der Waals surface area contributed by atoms with Crippen molar-refractivity contribution in [2.45, 2.75) is 45.9 Å². The lowest BCUT2D eigenvalue weighted by Gasteiger charge is -2.45. The molecule has 1 amide bonds. The summed E-state index contributed by atoms with van der Waals surface area (Å²) in [5, 5.41) is 34.6. The van der Waals surface area contributed by atoms with Gasteiger partial charge in [-0.25, -0.2) is 4.39 Å². The number of halogens is 2. The number of amides is 1. The van der Waals surface area contributed by atoms with Crippen molar-refractivity contribution in [3.63, 3.8) is 0 Å². The lowest BCUT2D eigenvalue weighted by Crippen LogP contribution is -2.61. The van der Waals surface area contributed by atoms with E-state index in [1.54, 1.807) is 30.3 Å². The number of nitrogens with zero attached hydrogens (tertiary/aromatic N) is 4. The van der Waals surface area contributed by atoms with Crippen LogP contribution in [0.25, 0.3) is 22.0 Å². The fourth-order valence-electron chi connectivity index (χ4n) is 6.35. The van der Waals surface area contributed by atoms with E-state index in [-0.39, 0.29) is 52.2 Å². The van der Waals surface area contributed by atoms with Crippen LogP contribution in [0.5, 0.6) is 0 Å². The van der Waals surface area contributed by atoms with Gasteiger partial charge in [-0.1, -0.05) is 24.2 Å². The van der Waals surface area contributed by atoms with Crippen LogP contribution in [0.1, 0.15) is 42.3 Å². The summed E-state index contributed by atoms with van der Waals surface area (Å²) in [6.45, 7) is 11.9. The van der Waals surface area contributed by atoms with E-state index >= 15 is 4.39 Å². The Morgan fingerprint density at radius 2 is 2.00 bits per heavy atom. The van der Waals surface area contributed by atoms with Gasteiger partial charge in [-0.2, -0.15) is 5.10 Å². The molecule has 0 bridgehead atoms. The van der Waals surface area contributed by atoms with E-state index in [0.29, 0.717) is 41.1 Å². The number of piperazine rings is 1. The fourth-order valence-corrected chi connectivity index (χ4v) is 6.67. The zero-order valence-electron chi connectivity index (χ0n) is 24.9. The molecule has 2 aliphatic rings. The zero-order chi connectivity index (χ0) is 31.4. The van der Waals surface area contributed by atoms with Gasteiger partial charge in [0.1, 0.15) is 5.84 Å². The average Bonchev–Trinajstić information content (AvgIpc) is 3.43. The highest BCUT2D eigenvalue weighted by molar-refractivity contribution is 6.38. The Bertz CT molecular complexity index is 1840. The number of aromatic amines is 1. The van der Waals surface area contributed by atoms with Crippen LogP contribution in [0.15, 0.2) is 43.2 Å². The standard InChI is InChI=1S/C32H34ClFN8O2/c1-6-22(44)41-14-19-11-37-31-25(32(35)42(19)13-17(41)4)30(39-28-16(3)9-10-36-29(28)18(5)43)26(33)24(27(31)34)23-15(2)7-8-21-20(23)12-38-40-21/h6-10,12,17-19,35,37,39,43H,1,11,13-14H2,2-5H3,(H,38,40). The third-order valence-electron chi connectivity index (χ3n) is 8.63. The largest absolute Gasteiger partial charge is 0.387 e. The van der Waals surface area contributed by atoms with Gasteiger partial charge in [0.15, 0.2) is 5.82 Å². The molecule has 1 fully saturated rings. The molecule has 12 heteroatoms. The zero-order valence-corrected chi connectivity index (χ0v) is 25.7. The molecular weight excluding hydrogens is 583 g/mol. The Kier molecular flexibility index (Phi) is 7.54. The van der Waals surface area contributed by atoms with Crippen LogP contribution in [0.2, 0.25) is 5.02 Å². The molecule has 0 saturated carbocycles. The number of fused-ring (bicyclic) bond motifs is 3. The number of aryl methyl sites for hydroxylation is 2. The lowest BCUT2D eigenvalue weighted by molar-refractivity contribution is -0.130. The second-order valence-electron chi connectivity index (χ2n) is 11.5. The monoisotopic (exact) mass is 616 g/mol. The maximum absolute atomic E-state index is 17.0. The molecule has 3 unspecified atom stereocenters. The maximum atomic E-state index is 17.0. The highest BCUT2D eigenvalue weighted by Crippen LogP contribution is 2.49. The molecule has 3 atom stereocenters.